The Balaban J connectivity index is 2.56. The highest BCUT2D eigenvalue weighted by molar-refractivity contribution is 5.73. The van der Waals surface area contributed by atoms with Crippen LogP contribution < -0.4 is 10.1 Å². The topological polar surface area (TPSA) is 58.6 Å². The lowest BCUT2D eigenvalue weighted by molar-refractivity contribution is -0.140. The second kappa shape index (κ2) is 7.04. The van der Waals surface area contributed by atoms with Gasteiger partial charge in [0.05, 0.1) is 0 Å². The molecule has 1 aromatic rings. The highest BCUT2D eigenvalue weighted by Gasteiger charge is 2.20. The van der Waals surface area contributed by atoms with Crippen LogP contribution in [0.3, 0.4) is 0 Å². The van der Waals surface area contributed by atoms with Crippen LogP contribution in [0.2, 0.25) is 0 Å². The van der Waals surface area contributed by atoms with Gasteiger partial charge in [0.2, 0.25) is 0 Å². The Morgan fingerprint density at radius 3 is 2.32 bits per heavy atom. The van der Waals surface area contributed by atoms with Gasteiger partial charge in [-0.1, -0.05) is 26.0 Å². The molecule has 19 heavy (non-hydrogen) atoms. The van der Waals surface area contributed by atoms with Gasteiger partial charge >= 0.3 is 12.6 Å². The van der Waals surface area contributed by atoms with E-state index in [1.165, 1.54) is 12.1 Å². The third-order valence-corrected chi connectivity index (χ3v) is 2.61. The number of rotatable bonds is 7. The number of carboxylic acid groups (broad SMARTS) is 1. The van der Waals surface area contributed by atoms with Gasteiger partial charge in [-0.25, -0.2) is 0 Å². The summed E-state index contributed by atoms with van der Waals surface area (Å²) in [6, 6.07) is 5.44. The predicted octanol–water partition coefficient (Wildman–Crippen LogP) is 2.49. The quantitative estimate of drug-likeness (QED) is 0.801. The summed E-state index contributed by atoms with van der Waals surface area (Å²) in [6.07, 6.45) is 0. The number of alkyl halides is 2. The summed E-state index contributed by atoms with van der Waals surface area (Å²) in [6.45, 7) is 1.13. The van der Waals surface area contributed by atoms with Crippen molar-refractivity contribution in [2.24, 2.45) is 5.92 Å². The van der Waals surface area contributed by atoms with Crippen LogP contribution in [-0.4, -0.2) is 23.7 Å². The molecule has 0 aliphatic carbocycles. The van der Waals surface area contributed by atoms with Crippen molar-refractivity contribution < 1.29 is 23.4 Å². The molecule has 6 heteroatoms. The molecule has 0 saturated heterocycles. The zero-order chi connectivity index (χ0) is 14.4. The van der Waals surface area contributed by atoms with Gasteiger partial charge in [0.15, 0.2) is 0 Å². The third kappa shape index (κ3) is 5.21. The highest BCUT2D eigenvalue weighted by Crippen LogP contribution is 2.15. The van der Waals surface area contributed by atoms with Crippen LogP contribution in [0.15, 0.2) is 24.3 Å². The number of aliphatic carboxylic acids is 1. The molecule has 0 radical (unpaired) electrons. The van der Waals surface area contributed by atoms with E-state index in [0.717, 1.165) is 5.56 Å². The first-order valence-corrected chi connectivity index (χ1v) is 5.90. The fourth-order valence-electron chi connectivity index (χ4n) is 1.62. The SMILES string of the molecule is CC(C)[C@@H](NCc1ccc(OC(F)F)cc1)C(=O)O. The number of nitrogens with one attached hydrogen (secondary N) is 1. The fourth-order valence-corrected chi connectivity index (χ4v) is 1.62. The Hall–Kier alpha value is -1.69. The molecule has 0 aliphatic heterocycles. The molecule has 0 heterocycles. The van der Waals surface area contributed by atoms with E-state index >= 15 is 0 Å². The van der Waals surface area contributed by atoms with E-state index < -0.39 is 18.6 Å². The first kappa shape index (κ1) is 15.4. The van der Waals surface area contributed by atoms with Crippen molar-refractivity contribution in [3.05, 3.63) is 29.8 Å². The summed E-state index contributed by atoms with van der Waals surface area (Å²) in [7, 11) is 0. The molecule has 0 fully saturated rings. The maximum Gasteiger partial charge on any atom is 0.387 e. The molecule has 1 atom stereocenters. The minimum absolute atomic E-state index is 0.0426. The maximum absolute atomic E-state index is 12.0. The first-order valence-electron chi connectivity index (χ1n) is 5.90. The van der Waals surface area contributed by atoms with Gasteiger partial charge in [-0.3, -0.25) is 4.79 Å². The third-order valence-electron chi connectivity index (χ3n) is 2.61. The molecule has 0 aromatic heterocycles. The first-order chi connectivity index (χ1) is 8.90. The van der Waals surface area contributed by atoms with Crippen LogP contribution in [-0.2, 0) is 11.3 Å². The highest BCUT2D eigenvalue weighted by atomic mass is 19.3. The van der Waals surface area contributed by atoms with Gasteiger partial charge in [0.25, 0.3) is 0 Å². The van der Waals surface area contributed by atoms with E-state index in [2.05, 4.69) is 10.1 Å². The molecule has 4 nitrogen and oxygen atoms in total. The smallest absolute Gasteiger partial charge is 0.387 e. The molecule has 2 N–H and O–H groups in total. The predicted molar refractivity (Wildman–Crippen MR) is 66.2 cm³/mol. The van der Waals surface area contributed by atoms with Gasteiger partial charge in [-0.15, -0.1) is 0 Å². The van der Waals surface area contributed by atoms with E-state index in [1.807, 2.05) is 13.8 Å². The molecule has 0 aliphatic rings. The number of ether oxygens (including phenoxy) is 1. The Labute approximate surface area is 110 Å². The molecule has 0 saturated carbocycles. The Morgan fingerprint density at radius 1 is 1.32 bits per heavy atom. The van der Waals surface area contributed by atoms with Crippen LogP contribution >= 0.6 is 0 Å². The van der Waals surface area contributed by atoms with Crippen LogP contribution in [0.5, 0.6) is 5.75 Å². The number of carbonyl (C=O) groups is 1. The van der Waals surface area contributed by atoms with E-state index in [0.29, 0.717) is 6.54 Å². The Bertz CT molecular complexity index is 407. The Kier molecular flexibility index (Phi) is 5.69. The lowest BCUT2D eigenvalue weighted by Gasteiger charge is -2.18. The van der Waals surface area contributed by atoms with Gasteiger partial charge < -0.3 is 15.2 Å². The monoisotopic (exact) mass is 273 g/mol. The van der Waals surface area contributed by atoms with Crippen LogP contribution in [0.4, 0.5) is 8.78 Å². The number of hydrogen-bond donors (Lipinski definition) is 2. The molecule has 1 rings (SSSR count). The summed E-state index contributed by atoms with van der Waals surface area (Å²) in [5, 5.41) is 11.9. The minimum Gasteiger partial charge on any atom is -0.480 e. The van der Waals surface area contributed by atoms with Crippen molar-refractivity contribution in [1.29, 1.82) is 0 Å². The van der Waals surface area contributed by atoms with Crippen LogP contribution in [0.25, 0.3) is 0 Å². The van der Waals surface area contributed by atoms with Gasteiger partial charge in [-0.2, -0.15) is 8.78 Å². The lowest BCUT2D eigenvalue weighted by Crippen LogP contribution is -2.40. The summed E-state index contributed by atoms with van der Waals surface area (Å²) >= 11 is 0. The zero-order valence-corrected chi connectivity index (χ0v) is 10.8. The van der Waals surface area contributed by atoms with Gasteiger partial charge in [-0.05, 0) is 23.6 Å². The number of halogens is 2. The van der Waals surface area contributed by atoms with E-state index in [9.17, 15) is 13.6 Å². The van der Waals surface area contributed by atoms with Crippen molar-refractivity contribution in [2.45, 2.75) is 33.0 Å². The van der Waals surface area contributed by atoms with E-state index in [4.69, 9.17) is 5.11 Å². The van der Waals surface area contributed by atoms with E-state index in [-0.39, 0.29) is 11.7 Å². The largest absolute Gasteiger partial charge is 0.480 e. The Morgan fingerprint density at radius 2 is 1.89 bits per heavy atom. The van der Waals surface area contributed by atoms with Crippen molar-refractivity contribution in [3.8, 4) is 5.75 Å². The fraction of sp³-hybridized carbons (Fsp3) is 0.462. The molecule has 0 amide bonds. The zero-order valence-electron chi connectivity index (χ0n) is 10.8. The number of benzene rings is 1. The summed E-state index contributed by atoms with van der Waals surface area (Å²) in [5.74, 6) is -0.871. The molecule has 106 valence electrons. The van der Waals surface area contributed by atoms with Crippen molar-refractivity contribution in [3.63, 3.8) is 0 Å². The minimum atomic E-state index is -2.85. The molecule has 0 bridgehead atoms. The standard InChI is InChI=1S/C13H17F2NO3/c1-8(2)11(12(17)18)16-7-9-3-5-10(6-4-9)19-13(14)15/h3-6,8,11,13,16H,7H2,1-2H3,(H,17,18)/t11-/m1/s1. The van der Waals surface area contributed by atoms with Crippen LogP contribution in [0.1, 0.15) is 19.4 Å². The van der Waals surface area contributed by atoms with Crippen molar-refractivity contribution in [2.75, 3.05) is 0 Å². The van der Waals surface area contributed by atoms with Gasteiger partial charge in [0, 0.05) is 6.54 Å². The van der Waals surface area contributed by atoms with Crippen molar-refractivity contribution in [1.82, 2.24) is 5.32 Å². The normalized spacial score (nSPS) is 12.7. The average Bonchev–Trinajstić information content (AvgIpc) is 2.29. The lowest BCUT2D eigenvalue weighted by atomic mass is 10.0. The van der Waals surface area contributed by atoms with Crippen LogP contribution in [0, 0.1) is 5.92 Å². The molecule has 1 aromatic carbocycles. The molecular weight excluding hydrogens is 256 g/mol. The maximum atomic E-state index is 12.0. The summed E-state index contributed by atoms with van der Waals surface area (Å²) in [5.41, 5.74) is 0.800. The summed E-state index contributed by atoms with van der Waals surface area (Å²) in [4.78, 5) is 11.0. The number of hydrogen-bond acceptors (Lipinski definition) is 3. The second-order valence-corrected chi connectivity index (χ2v) is 4.46. The number of carboxylic acids is 1. The second-order valence-electron chi connectivity index (χ2n) is 4.46. The summed E-state index contributed by atoms with van der Waals surface area (Å²) < 4.78 is 28.1. The van der Waals surface area contributed by atoms with Crippen molar-refractivity contribution >= 4 is 5.97 Å². The molecule has 0 spiro atoms. The van der Waals surface area contributed by atoms with Gasteiger partial charge in [0.1, 0.15) is 11.8 Å². The van der Waals surface area contributed by atoms with E-state index in [1.54, 1.807) is 12.1 Å². The molecule has 0 unspecified atom stereocenters. The molecular formula is C13H17F2NO3. The average molecular weight is 273 g/mol.